The number of rotatable bonds is 8. The maximum atomic E-state index is 5.49. The van der Waals surface area contributed by atoms with Crippen LogP contribution in [0.1, 0.15) is 31.9 Å². The summed E-state index contributed by atoms with van der Waals surface area (Å²) in [5.41, 5.74) is 1.16. The smallest absolute Gasteiger partial charge is 0.191 e. The molecule has 0 amide bonds. The van der Waals surface area contributed by atoms with Crippen LogP contribution in [0.5, 0.6) is 5.75 Å². The summed E-state index contributed by atoms with van der Waals surface area (Å²) < 4.78 is 5.49. The van der Waals surface area contributed by atoms with Gasteiger partial charge in [-0.25, -0.2) is 0 Å². The molecule has 0 saturated carbocycles. The standard InChI is InChI=1S/C17H30N4O/c1-6-12-19-17(18-7-2)20-13-15(21(3)4)14-10-8-9-11-16(14)22-5/h8-11,15H,6-7,12-13H2,1-5H3,(H2,18,19,20). The fourth-order valence-corrected chi connectivity index (χ4v) is 2.24. The van der Waals surface area contributed by atoms with Crippen LogP contribution in [0.4, 0.5) is 0 Å². The lowest BCUT2D eigenvalue weighted by Gasteiger charge is -2.25. The van der Waals surface area contributed by atoms with Crippen LogP contribution in [0, 0.1) is 0 Å². The Kier molecular flexibility index (Phi) is 8.36. The zero-order chi connectivity index (χ0) is 16.4. The Morgan fingerprint density at radius 2 is 1.95 bits per heavy atom. The van der Waals surface area contributed by atoms with E-state index in [0.29, 0.717) is 6.54 Å². The highest BCUT2D eigenvalue weighted by atomic mass is 16.5. The highest BCUT2D eigenvalue weighted by Crippen LogP contribution is 2.27. The lowest BCUT2D eigenvalue weighted by atomic mass is 10.0. The number of likely N-dealkylation sites (N-methyl/N-ethyl adjacent to an activating group) is 1. The molecule has 0 radical (unpaired) electrons. The summed E-state index contributed by atoms with van der Waals surface area (Å²) in [6, 6.07) is 8.30. The molecule has 1 aromatic rings. The van der Waals surface area contributed by atoms with Gasteiger partial charge in [-0.3, -0.25) is 4.99 Å². The lowest BCUT2D eigenvalue weighted by molar-refractivity contribution is 0.295. The molecule has 0 aliphatic rings. The van der Waals surface area contributed by atoms with Crippen molar-refractivity contribution in [3.63, 3.8) is 0 Å². The molecule has 1 atom stereocenters. The largest absolute Gasteiger partial charge is 0.496 e. The molecule has 0 aliphatic carbocycles. The summed E-state index contributed by atoms with van der Waals surface area (Å²) in [4.78, 5) is 6.89. The van der Waals surface area contributed by atoms with E-state index in [4.69, 9.17) is 9.73 Å². The number of hydrogen-bond donors (Lipinski definition) is 2. The average molecular weight is 306 g/mol. The van der Waals surface area contributed by atoms with E-state index >= 15 is 0 Å². The first-order valence-corrected chi connectivity index (χ1v) is 7.95. The molecule has 1 rings (SSSR count). The van der Waals surface area contributed by atoms with Gasteiger partial charge in [0, 0.05) is 18.7 Å². The summed E-state index contributed by atoms with van der Waals surface area (Å²) in [5.74, 6) is 1.77. The monoisotopic (exact) mass is 306 g/mol. The van der Waals surface area contributed by atoms with Gasteiger partial charge in [-0.05, 0) is 33.5 Å². The van der Waals surface area contributed by atoms with Crippen LogP contribution in [-0.4, -0.2) is 51.7 Å². The van der Waals surface area contributed by atoms with E-state index in [0.717, 1.165) is 36.8 Å². The third-order valence-corrected chi connectivity index (χ3v) is 3.43. The Morgan fingerprint density at radius 3 is 2.55 bits per heavy atom. The third kappa shape index (κ3) is 5.56. The highest BCUT2D eigenvalue weighted by Gasteiger charge is 2.17. The second kappa shape index (κ2) is 10.1. The fourth-order valence-electron chi connectivity index (χ4n) is 2.24. The Hall–Kier alpha value is -1.75. The summed E-state index contributed by atoms with van der Waals surface area (Å²) in [5, 5.41) is 6.61. The quantitative estimate of drug-likeness (QED) is 0.571. The number of aliphatic imine (C=N–C) groups is 1. The van der Waals surface area contributed by atoms with Crippen LogP contribution >= 0.6 is 0 Å². The molecule has 0 spiro atoms. The van der Waals surface area contributed by atoms with Crippen LogP contribution in [0.15, 0.2) is 29.3 Å². The van der Waals surface area contributed by atoms with Crippen LogP contribution < -0.4 is 15.4 Å². The molecular formula is C17H30N4O. The molecule has 0 saturated heterocycles. The van der Waals surface area contributed by atoms with Crippen LogP contribution in [0.3, 0.4) is 0 Å². The number of benzene rings is 1. The minimum Gasteiger partial charge on any atom is -0.496 e. The molecule has 5 heteroatoms. The van der Waals surface area contributed by atoms with Crippen molar-refractivity contribution in [3.8, 4) is 5.75 Å². The van der Waals surface area contributed by atoms with Crippen molar-refractivity contribution in [3.05, 3.63) is 29.8 Å². The molecule has 0 aromatic heterocycles. The first-order valence-electron chi connectivity index (χ1n) is 7.95. The Balaban J connectivity index is 2.91. The van der Waals surface area contributed by atoms with Gasteiger partial charge in [0.2, 0.25) is 0 Å². The number of nitrogens with one attached hydrogen (secondary N) is 2. The van der Waals surface area contributed by atoms with Gasteiger partial charge in [0.15, 0.2) is 5.96 Å². The molecule has 0 heterocycles. The van der Waals surface area contributed by atoms with Gasteiger partial charge in [-0.2, -0.15) is 0 Å². The van der Waals surface area contributed by atoms with Crippen molar-refractivity contribution in [2.45, 2.75) is 26.3 Å². The first kappa shape index (κ1) is 18.3. The second-order valence-electron chi connectivity index (χ2n) is 5.37. The molecule has 22 heavy (non-hydrogen) atoms. The molecule has 0 fully saturated rings. The Labute approximate surface area is 134 Å². The minimum atomic E-state index is 0.174. The van der Waals surface area contributed by atoms with Gasteiger partial charge in [0.05, 0.1) is 19.7 Å². The summed E-state index contributed by atoms with van der Waals surface area (Å²) >= 11 is 0. The van der Waals surface area contributed by atoms with Crippen LogP contribution in [0.25, 0.3) is 0 Å². The molecule has 0 aliphatic heterocycles. The van der Waals surface area contributed by atoms with E-state index in [1.54, 1.807) is 7.11 Å². The maximum absolute atomic E-state index is 5.49. The molecular weight excluding hydrogens is 276 g/mol. The van der Waals surface area contributed by atoms with Gasteiger partial charge in [-0.15, -0.1) is 0 Å². The summed E-state index contributed by atoms with van der Waals surface area (Å²) in [6.07, 6.45) is 1.08. The van der Waals surface area contributed by atoms with Crippen molar-refractivity contribution < 1.29 is 4.74 Å². The number of hydrogen-bond acceptors (Lipinski definition) is 3. The SMILES string of the molecule is CCCNC(=NCC(c1ccccc1OC)N(C)C)NCC. The zero-order valence-electron chi connectivity index (χ0n) is 14.5. The van der Waals surface area contributed by atoms with Crippen molar-refractivity contribution in [1.82, 2.24) is 15.5 Å². The molecule has 124 valence electrons. The molecule has 0 bridgehead atoms. The minimum absolute atomic E-state index is 0.174. The number of nitrogens with zero attached hydrogens (tertiary/aromatic N) is 2. The molecule has 1 unspecified atom stereocenters. The molecule has 2 N–H and O–H groups in total. The van der Waals surface area contributed by atoms with Gasteiger partial charge < -0.3 is 20.3 Å². The van der Waals surface area contributed by atoms with E-state index in [-0.39, 0.29) is 6.04 Å². The van der Waals surface area contributed by atoms with Crippen molar-refractivity contribution in [1.29, 1.82) is 0 Å². The van der Waals surface area contributed by atoms with E-state index < -0.39 is 0 Å². The summed E-state index contributed by atoms with van der Waals surface area (Å²) in [6.45, 7) is 6.68. The molecule has 1 aromatic carbocycles. The predicted molar refractivity (Wildman–Crippen MR) is 93.7 cm³/mol. The average Bonchev–Trinajstić information content (AvgIpc) is 2.52. The second-order valence-corrected chi connectivity index (χ2v) is 5.37. The predicted octanol–water partition coefficient (Wildman–Crippen LogP) is 2.26. The normalized spacial score (nSPS) is 13.1. The maximum Gasteiger partial charge on any atom is 0.191 e. The number of guanidine groups is 1. The van der Waals surface area contributed by atoms with E-state index in [1.165, 1.54) is 0 Å². The number of para-hydroxylation sites is 1. The third-order valence-electron chi connectivity index (χ3n) is 3.43. The van der Waals surface area contributed by atoms with Gasteiger partial charge in [0.25, 0.3) is 0 Å². The topological polar surface area (TPSA) is 48.9 Å². The lowest BCUT2D eigenvalue weighted by Crippen LogP contribution is -2.38. The van der Waals surface area contributed by atoms with Crippen molar-refractivity contribution in [2.75, 3.05) is 40.8 Å². The first-order chi connectivity index (χ1) is 10.6. The summed E-state index contributed by atoms with van der Waals surface area (Å²) in [7, 11) is 5.85. The van der Waals surface area contributed by atoms with E-state index in [2.05, 4.69) is 49.5 Å². The van der Waals surface area contributed by atoms with E-state index in [9.17, 15) is 0 Å². The van der Waals surface area contributed by atoms with Crippen molar-refractivity contribution in [2.24, 2.45) is 4.99 Å². The number of methoxy groups -OCH3 is 1. The Morgan fingerprint density at radius 1 is 1.23 bits per heavy atom. The Bertz CT molecular complexity index is 460. The van der Waals surface area contributed by atoms with Crippen molar-refractivity contribution >= 4 is 5.96 Å². The zero-order valence-corrected chi connectivity index (χ0v) is 14.5. The van der Waals surface area contributed by atoms with Crippen LogP contribution in [0.2, 0.25) is 0 Å². The molecule has 5 nitrogen and oxygen atoms in total. The fraction of sp³-hybridized carbons (Fsp3) is 0.588. The van der Waals surface area contributed by atoms with Gasteiger partial charge in [-0.1, -0.05) is 25.1 Å². The van der Waals surface area contributed by atoms with Gasteiger partial charge >= 0.3 is 0 Å². The van der Waals surface area contributed by atoms with Crippen LogP contribution in [-0.2, 0) is 0 Å². The van der Waals surface area contributed by atoms with Gasteiger partial charge in [0.1, 0.15) is 5.75 Å². The van der Waals surface area contributed by atoms with E-state index in [1.807, 2.05) is 18.2 Å². The highest BCUT2D eigenvalue weighted by molar-refractivity contribution is 5.79. The number of ether oxygens (including phenoxy) is 1.